The molecule has 0 heterocycles. The molecule has 0 aliphatic heterocycles. The maximum absolute atomic E-state index is 12.5. The molecule has 0 N–H and O–H groups in total. The molecular formula is C13H14F3N. The summed E-state index contributed by atoms with van der Waals surface area (Å²) in [5.41, 5.74) is 0.0598. The van der Waals surface area contributed by atoms with Crippen LogP contribution in [0.25, 0.3) is 0 Å². The quantitative estimate of drug-likeness (QED) is 0.765. The van der Waals surface area contributed by atoms with Gasteiger partial charge < -0.3 is 0 Å². The Morgan fingerprint density at radius 1 is 1.35 bits per heavy atom. The van der Waals surface area contributed by atoms with Gasteiger partial charge in [-0.15, -0.1) is 0 Å². The number of halogens is 3. The van der Waals surface area contributed by atoms with E-state index in [1.807, 2.05) is 19.9 Å². The number of hydrogen-bond donors (Lipinski definition) is 0. The van der Waals surface area contributed by atoms with Crippen LogP contribution in [0.3, 0.4) is 0 Å². The van der Waals surface area contributed by atoms with Crippen LogP contribution in [0, 0.1) is 11.3 Å². The molecule has 0 bridgehead atoms. The van der Waals surface area contributed by atoms with Gasteiger partial charge in [-0.2, -0.15) is 18.4 Å². The van der Waals surface area contributed by atoms with Crippen LogP contribution in [0.15, 0.2) is 18.2 Å². The van der Waals surface area contributed by atoms with Gasteiger partial charge in [0.15, 0.2) is 0 Å². The summed E-state index contributed by atoms with van der Waals surface area (Å²) in [5.74, 6) is 0.108. The Bertz CT molecular complexity index is 429. The van der Waals surface area contributed by atoms with Crippen molar-refractivity contribution in [1.82, 2.24) is 0 Å². The normalized spacial score (nSPS) is 13.2. The Kier molecular flexibility index (Phi) is 4.17. The van der Waals surface area contributed by atoms with E-state index in [1.54, 1.807) is 0 Å². The van der Waals surface area contributed by atoms with Crippen LogP contribution < -0.4 is 0 Å². The van der Waals surface area contributed by atoms with Crippen LogP contribution in [0.4, 0.5) is 13.2 Å². The van der Waals surface area contributed by atoms with E-state index in [1.165, 1.54) is 6.07 Å². The van der Waals surface area contributed by atoms with Gasteiger partial charge in [0.25, 0.3) is 0 Å². The summed E-state index contributed by atoms with van der Waals surface area (Å²) in [6, 6.07) is 5.24. The minimum atomic E-state index is -4.39. The summed E-state index contributed by atoms with van der Waals surface area (Å²) in [7, 11) is 0. The first-order valence-corrected chi connectivity index (χ1v) is 5.51. The van der Waals surface area contributed by atoms with Crippen molar-refractivity contribution in [2.45, 2.75) is 38.8 Å². The molecule has 1 rings (SSSR count). The van der Waals surface area contributed by atoms with E-state index in [4.69, 9.17) is 5.26 Å². The van der Waals surface area contributed by atoms with Gasteiger partial charge in [-0.1, -0.05) is 26.3 Å². The first-order valence-electron chi connectivity index (χ1n) is 5.51. The average Bonchev–Trinajstić information content (AvgIpc) is 2.27. The highest BCUT2D eigenvalue weighted by atomic mass is 19.4. The molecule has 0 aromatic heterocycles. The zero-order valence-electron chi connectivity index (χ0n) is 9.80. The summed E-state index contributed by atoms with van der Waals surface area (Å²) in [6.45, 7) is 3.93. The van der Waals surface area contributed by atoms with Gasteiger partial charge in [-0.3, -0.25) is 0 Å². The molecular weight excluding hydrogens is 227 g/mol. The zero-order chi connectivity index (χ0) is 13.1. The van der Waals surface area contributed by atoms with Gasteiger partial charge in [0, 0.05) is 0 Å². The fourth-order valence-electron chi connectivity index (χ4n) is 1.85. The Labute approximate surface area is 98.9 Å². The van der Waals surface area contributed by atoms with E-state index in [-0.39, 0.29) is 11.5 Å². The van der Waals surface area contributed by atoms with Crippen molar-refractivity contribution in [3.05, 3.63) is 34.9 Å². The summed E-state index contributed by atoms with van der Waals surface area (Å²) in [6.07, 6.45) is -2.59. The molecule has 1 unspecified atom stereocenters. The first kappa shape index (κ1) is 13.6. The molecule has 92 valence electrons. The van der Waals surface area contributed by atoms with Gasteiger partial charge in [0.2, 0.25) is 0 Å². The summed E-state index contributed by atoms with van der Waals surface area (Å²) >= 11 is 0. The molecule has 0 radical (unpaired) electrons. The molecule has 4 heteroatoms. The van der Waals surface area contributed by atoms with Gasteiger partial charge in [-0.25, -0.2) is 0 Å². The van der Waals surface area contributed by atoms with Crippen molar-refractivity contribution in [1.29, 1.82) is 5.26 Å². The number of nitrogens with zero attached hydrogens (tertiary/aromatic N) is 1. The Morgan fingerprint density at radius 3 is 2.47 bits per heavy atom. The van der Waals surface area contributed by atoms with Gasteiger partial charge in [0.1, 0.15) is 0 Å². The maximum Gasteiger partial charge on any atom is 0.416 e. The molecule has 0 aliphatic rings. The second-order valence-corrected chi connectivity index (χ2v) is 4.10. The van der Waals surface area contributed by atoms with Crippen LogP contribution in [0.2, 0.25) is 0 Å². The minimum absolute atomic E-state index is 0.108. The van der Waals surface area contributed by atoms with E-state index < -0.39 is 11.7 Å². The lowest BCUT2D eigenvalue weighted by Gasteiger charge is -2.14. The van der Waals surface area contributed by atoms with E-state index in [2.05, 4.69) is 0 Å². The third kappa shape index (κ3) is 3.23. The Hall–Kier alpha value is -1.50. The standard InChI is InChI=1S/C13H14F3N/c1-3-4-9(2)12-6-5-11(13(14,15)16)7-10(12)8-17/h5-7,9H,3-4H2,1-2H3. The Balaban J connectivity index is 3.16. The van der Waals surface area contributed by atoms with Crippen molar-refractivity contribution in [2.24, 2.45) is 0 Å². The Morgan fingerprint density at radius 2 is 2.00 bits per heavy atom. The molecule has 1 nitrogen and oxygen atoms in total. The van der Waals surface area contributed by atoms with Crippen molar-refractivity contribution >= 4 is 0 Å². The number of benzene rings is 1. The molecule has 17 heavy (non-hydrogen) atoms. The highest BCUT2D eigenvalue weighted by Gasteiger charge is 2.31. The fraction of sp³-hybridized carbons (Fsp3) is 0.462. The lowest BCUT2D eigenvalue weighted by atomic mass is 9.91. The molecule has 0 saturated carbocycles. The van der Waals surface area contributed by atoms with Crippen LogP contribution in [-0.2, 0) is 6.18 Å². The van der Waals surface area contributed by atoms with Gasteiger partial charge >= 0.3 is 6.18 Å². The number of rotatable bonds is 3. The van der Waals surface area contributed by atoms with Gasteiger partial charge in [-0.05, 0) is 30.0 Å². The van der Waals surface area contributed by atoms with E-state index in [0.717, 1.165) is 25.0 Å². The third-order valence-electron chi connectivity index (χ3n) is 2.75. The lowest BCUT2D eigenvalue weighted by Crippen LogP contribution is -2.07. The van der Waals surface area contributed by atoms with Crippen LogP contribution in [-0.4, -0.2) is 0 Å². The molecule has 1 atom stereocenters. The largest absolute Gasteiger partial charge is 0.416 e. The second kappa shape index (κ2) is 5.22. The number of alkyl halides is 3. The number of nitriles is 1. The molecule has 1 aromatic carbocycles. The van der Waals surface area contributed by atoms with E-state index in [0.29, 0.717) is 5.56 Å². The molecule has 0 fully saturated rings. The van der Waals surface area contributed by atoms with E-state index >= 15 is 0 Å². The summed E-state index contributed by atoms with van der Waals surface area (Å²) in [5, 5.41) is 8.91. The highest BCUT2D eigenvalue weighted by Crippen LogP contribution is 2.32. The smallest absolute Gasteiger partial charge is 0.192 e. The third-order valence-corrected chi connectivity index (χ3v) is 2.75. The van der Waals surface area contributed by atoms with Crippen molar-refractivity contribution in [3.8, 4) is 6.07 Å². The van der Waals surface area contributed by atoms with Crippen molar-refractivity contribution < 1.29 is 13.2 Å². The van der Waals surface area contributed by atoms with Crippen molar-refractivity contribution in [2.75, 3.05) is 0 Å². The topological polar surface area (TPSA) is 23.8 Å². The predicted molar refractivity (Wildman–Crippen MR) is 59.5 cm³/mol. The van der Waals surface area contributed by atoms with Crippen LogP contribution in [0.1, 0.15) is 49.3 Å². The SMILES string of the molecule is CCCC(C)c1ccc(C(F)(F)F)cc1C#N. The maximum atomic E-state index is 12.5. The fourth-order valence-corrected chi connectivity index (χ4v) is 1.85. The second-order valence-electron chi connectivity index (χ2n) is 4.10. The molecule has 0 saturated heterocycles. The van der Waals surface area contributed by atoms with Gasteiger partial charge in [0.05, 0.1) is 17.2 Å². The molecule has 0 spiro atoms. The summed E-state index contributed by atoms with van der Waals surface area (Å²) < 4.78 is 37.4. The number of hydrogen-bond acceptors (Lipinski definition) is 1. The molecule has 0 aliphatic carbocycles. The minimum Gasteiger partial charge on any atom is -0.192 e. The predicted octanol–water partition coefficient (Wildman–Crippen LogP) is 4.48. The highest BCUT2D eigenvalue weighted by molar-refractivity contribution is 5.43. The first-order chi connectivity index (χ1) is 7.90. The zero-order valence-corrected chi connectivity index (χ0v) is 9.80. The van der Waals surface area contributed by atoms with Crippen LogP contribution in [0.5, 0.6) is 0 Å². The van der Waals surface area contributed by atoms with E-state index in [9.17, 15) is 13.2 Å². The van der Waals surface area contributed by atoms with Crippen LogP contribution >= 0.6 is 0 Å². The monoisotopic (exact) mass is 241 g/mol. The molecule has 1 aromatic rings. The molecule has 0 amide bonds. The lowest BCUT2D eigenvalue weighted by molar-refractivity contribution is -0.137. The van der Waals surface area contributed by atoms with Crippen molar-refractivity contribution in [3.63, 3.8) is 0 Å². The average molecular weight is 241 g/mol. The summed E-state index contributed by atoms with van der Waals surface area (Å²) in [4.78, 5) is 0.